The second-order valence-electron chi connectivity index (χ2n) is 5.20. The van der Waals surface area contributed by atoms with E-state index in [1.807, 2.05) is 42.9 Å². The van der Waals surface area contributed by atoms with Gasteiger partial charge in [0.1, 0.15) is 5.82 Å². The Morgan fingerprint density at radius 2 is 2.19 bits per heavy atom. The highest BCUT2D eigenvalue weighted by Gasteiger charge is 2.14. The molecule has 0 atom stereocenters. The van der Waals surface area contributed by atoms with Crippen molar-refractivity contribution in [3.05, 3.63) is 47.5 Å². The van der Waals surface area contributed by atoms with E-state index < -0.39 is 0 Å². The van der Waals surface area contributed by atoms with Crippen LogP contribution in [0.3, 0.4) is 0 Å². The molecule has 1 aromatic heterocycles. The summed E-state index contributed by atoms with van der Waals surface area (Å²) in [7, 11) is 3.69. The van der Waals surface area contributed by atoms with Crippen LogP contribution < -0.4 is 5.32 Å². The maximum atomic E-state index is 12.3. The maximum Gasteiger partial charge on any atom is 0.322 e. The zero-order valence-electron chi connectivity index (χ0n) is 13.1. The van der Waals surface area contributed by atoms with Crippen LogP contribution in [-0.4, -0.2) is 27.5 Å². The van der Waals surface area contributed by atoms with Gasteiger partial charge in [0, 0.05) is 32.2 Å². The fourth-order valence-electron chi connectivity index (χ4n) is 2.24. The van der Waals surface area contributed by atoms with E-state index in [1.54, 1.807) is 18.1 Å². The number of aryl methyl sites for hydroxylation is 3. The van der Waals surface area contributed by atoms with E-state index in [2.05, 4.69) is 17.2 Å². The Morgan fingerprint density at radius 1 is 1.43 bits per heavy atom. The van der Waals surface area contributed by atoms with Crippen molar-refractivity contribution in [3.8, 4) is 0 Å². The number of imidazole rings is 1. The van der Waals surface area contributed by atoms with Gasteiger partial charge in [0.2, 0.25) is 0 Å². The second kappa shape index (κ2) is 6.43. The number of carbonyl (C=O) groups excluding carboxylic acids is 1. The van der Waals surface area contributed by atoms with Gasteiger partial charge in [-0.3, -0.25) is 0 Å². The van der Waals surface area contributed by atoms with Crippen LogP contribution in [0.2, 0.25) is 0 Å². The van der Waals surface area contributed by atoms with Crippen LogP contribution in [0.4, 0.5) is 10.5 Å². The topological polar surface area (TPSA) is 50.2 Å². The Morgan fingerprint density at radius 3 is 2.81 bits per heavy atom. The van der Waals surface area contributed by atoms with Crippen molar-refractivity contribution in [1.82, 2.24) is 14.5 Å². The zero-order chi connectivity index (χ0) is 15.4. The van der Waals surface area contributed by atoms with Crippen LogP contribution in [0.1, 0.15) is 23.9 Å². The summed E-state index contributed by atoms with van der Waals surface area (Å²) in [5.41, 5.74) is 3.14. The molecule has 2 amide bonds. The second-order valence-corrected chi connectivity index (χ2v) is 5.20. The van der Waals surface area contributed by atoms with Crippen LogP contribution in [-0.2, 0) is 20.0 Å². The van der Waals surface area contributed by atoms with Crippen LogP contribution >= 0.6 is 0 Å². The van der Waals surface area contributed by atoms with Gasteiger partial charge in [0.25, 0.3) is 0 Å². The molecule has 0 saturated heterocycles. The Bertz CT molecular complexity index is 633. The van der Waals surface area contributed by atoms with Crippen molar-refractivity contribution in [2.75, 3.05) is 12.4 Å². The van der Waals surface area contributed by atoms with E-state index in [0.29, 0.717) is 6.54 Å². The molecule has 112 valence electrons. The van der Waals surface area contributed by atoms with E-state index >= 15 is 0 Å². The number of anilines is 1. The minimum atomic E-state index is -0.123. The molecular formula is C16H22N4O. The summed E-state index contributed by atoms with van der Waals surface area (Å²) in [6.45, 7) is 4.57. The number of nitrogens with zero attached hydrogens (tertiary/aromatic N) is 3. The van der Waals surface area contributed by atoms with Gasteiger partial charge in [-0.1, -0.05) is 25.1 Å². The molecule has 0 aliphatic heterocycles. The van der Waals surface area contributed by atoms with Crippen molar-refractivity contribution in [2.24, 2.45) is 7.05 Å². The quantitative estimate of drug-likeness (QED) is 0.939. The van der Waals surface area contributed by atoms with Gasteiger partial charge in [-0.2, -0.15) is 0 Å². The minimum Gasteiger partial charge on any atom is -0.337 e. The molecule has 2 aromatic rings. The van der Waals surface area contributed by atoms with Gasteiger partial charge < -0.3 is 14.8 Å². The van der Waals surface area contributed by atoms with E-state index in [-0.39, 0.29) is 6.03 Å². The molecule has 0 spiro atoms. The molecule has 0 fully saturated rings. The largest absolute Gasteiger partial charge is 0.337 e. The van der Waals surface area contributed by atoms with Crippen molar-refractivity contribution >= 4 is 11.7 Å². The molecule has 5 nitrogen and oxygen atoms in total. The highest BCUT2D eigenvalue weighted by molar-refractivity contribution is 5.90. The molecule has 0 radical (unpaired) electrons. The van der Waals surface area contributed by atoms with E-state index in [4.69, 9.17) is 0 Å². The third-order valence-corrected chi connectivity index (χ3v) is 3.62. The molecule has 5 heteroatoms. The summed E-state index contributed by atoms with van der Waals surface area (Å²) in [5, 5.41) is 3.01. The molecule has 0 bridgehead atoms. The molecule has 0 aliphatic rings. The van der Waals surface area contributed by atoms with Gasteiger partial charge in [-0.05, 0) is 24.5 Å². The van der Waals surface area contributed by atoms with Crippen molar-refractivity contribution in [1.29, 1.82) is 0 Å². The lowest BCUT2D eigenvalue weighted by Crippen LogP contribution is -2.32. The van der Waals surface area contributed by atoms with Gasteiger partial charge in [0.05, 0.1) is 6.54 Å². The molecule has 1 heterocycles. The van der Waals surface area contributed by atoms with Crippen molar-refractivity contribution in [2.45, 2.75) is 26.8 Å². The van der Waals surface area contributed by atoms with Crippen LogP contribution in [0.15, 0.2) is 30.6 Å². The first-order valence-corrected chi connectivity index (χ1v) is 7.09. The lowest BCUT2D eigenvalue weighted by Gasteiger charge is -2.20. The van der Waals surface area contributed by atoms with Crippen molar-refractivity contribution in [3.63, 3.8) is 0 Å². The molecule has 0 unspecified atom stereocenters. The number of para-hydroxylation sites is 1. The molecular weight excluding hydrogens is 264 g/mol. The third kappa shape index (κ3) is 3.42. The predicted octanol–water partition coefficient (Wildman–Crippen LogP) is 2.95. The monoisotopic (exact) mass is 286 g/mol. The molecule has 1 aromatic carbocycles. The average Bonchev–Trinajstić information content (AvgIpc) is 2.86. The minimum absolute atomic E-state index is 0.123. The van der Waals surface area contributed by atoms with Gasteiger partial charge in [-0.25, -0.2) is 9.78 Å². The number of benzene rings is 1. The summed E-state index contributed by atoms with van der Waals surface area (Å²) in [6, 6.07) is 5.94. The van der Waals surface area contributed by atoms with Crippen molar-refractivity contribution < 1.29 is 4.79 Å². The standard InChI is InChI=1S/C16H22N4O/c1-5-13-8-6-7-12(2)15(13)18-16(21)20(4)11-14-17-9-10-19(14)3/h6-10H,5,11H2,1-4H3,(H,18,21). The Balaban J connectivity index is 2.09. The number of carbonyl (C=O) groups is 1. The van der Waals surface area contributed by atoms with Crippen LogP contribution in [0, 0.1) is 6.92 Å². The summed E-state index contributed by atoms with van der Waals surface area (Å²) in [6.07, 6.45) is 4.50. The highest BCUT2D eigenvalue weighted by atomic mass is 16.2. The van der Waals surface area contributed by atoms with Crippen LogP contribution in [0.5, 0.6) is 0 Å². The highest BCUT2D eigenvalue weighted by Crippen LogP contribution is 2.21. The predicted molar refractivity (Wildman–Crippen MR) is 84.3 cm³/mol. The maximum absolute atomic E-state index is 12.3. The number of urea groups is 1. The van der Waals surface area contributed by atoms with Crippen LogP contribution in [0.25, 0.3) is 0 Å². The first kappa shape index (κ1) is 15.1. The SMILES string of the molecule is CCc1cccc(C)c1NC(=O)N(C)Cc1nccn1C. The number of hydrogen-bond donors (Lipinski definition) is 1. The first-order valence-electron chi connectivity index (χ1n) is 7.09. The summed E-state index contributed by atoms with van der Waals surface area (Å²) in [5.74, 6) is 0.855. The number of hydrogen-bond acceptors (Lipinski definition) is 2. The fraction of sp³-hybridized carbons (Fsp3) is 0.375. The lowest BCUT2D eigenvalue weighted by atomic mass is 10.1. The Kier molecular flexibility index (Phi) is 4.62. The normalized spacial score (nSPS) is 10.5. The molecule has 0 saturated carbocycles. The van der Waals surface area contributed by atoms with Gasteiger partial charge >= 0.3 is 6.03 Å². The summed E-state index contributed by atoms with van der Waals surface area (Å²) >= 11 is 0. The Labute approximate surface area is 125 Å². The van der Waals surface area contributed by atoms with E-state index in [9.17, 15) is 4.79 Å². The number of nitrogens with one attached hydrogen (secondary N) is 1. The molecule has 21 heavy (non-hydrogen) atoms. The third-order valence-electron chi connectivity index (χ3n) is 3.62. The van der Waals surface area contributed by atoms with E-state index in [0.717, 1.165) is 29.1 Å². The zero-order valence-corrected chi connectivity index (χ0v) is 13.1. The number of rotatable bonds is 4. The summed E-state index contributed by atoms with van der Waals surface area (Å²) < 4.78 is 1.91. The van der Waals surface area contributed by atoms with Gasteiger partial charge in [-0.15, -0.1) is 0 Å². The number of aromatic nitrogens is 2. The van der Waals surface area contributed by atoms with Gasteiger partial charge in [0.15, 0.2) is 0 Å². The fourth-order valence-corrected chi connectivity index (χ4v) is 2.24. The molecule has 1 N–H and O–H groups in total. The number of amides is 2. The Hall–Kier alpha value is -2.30. The van der Waals surface area contributed by atoms with E-state index in [1.165, 1.54) is 0 Å². The smallest absolute Gasteiger partial charge is 0.322 e. The summed E-state index contributed by atoms with van der Waals surface area (Å²) in [4.78, 5) is 18.2. The molecule has 2 rings (SSSR count). The molecule has 0 aliphatic carbocycles. The average molecular weight is 286 g/mol. The lowest BCUT2D eigenvalue weighted by molar-refractivity contribution is 0.219. The first-order chi connectivity index (χ1) is 10.0.